The van der Waals surface area contributed by atoms with Crippen molar-refractivity contribution in [2.24, 2.45) is 5.92 Å². The molecule has 0 aliphatic heterocycles. The van der Waals surface area contributed by atoms with Gasteiger partial charge in [-0.1, -0.05) is 59.3 Å². The summed E-state index contributed by atoms with van der Waals surface area (Å²) in [7, 11) is 0. The fourth-order valence-corrected chi connectivity index (χ4v) is 1.66. The standard InChI is InChI=1S/C10H22/c1-4-7-10(8-5-2)9-6-3/h10H,4-9H2,1-3H3. The molecule has 0 spiro atoms. The van der Waals surface area contributed by atoms with Gasteiger partial charge in [0.25, 0.3) is 0 Å². The highest BCUT2D eigenvalue weighted by Crippen LogP contribution is 2.18. The number of hydrogen-bond donors (Lipinski definition) is 0. The van der Waals surface area contributed by atoms with Crippen LogP contribution in [-0.2, 0) is 0 Å². The molecule has 0 unspecified atom stereocenters. The van der Waals surface area contributed by atoms with Crippen LogP contribution in [0.2, 0.25) is 0 Å². The van der Waals surface area contributed by atoms with Gasteiger partial charge in [0.1, 0.15) is 0 Å². The summed E-state index contributed by atoms with van der Waals surface area (Å²) in [6.07, 6.45) is 8.44. The first-order valence-electron chi connectivity index (χ1n) is 4.85. The summed E-state index contributed by atoms with van der Waals surface area (Å²) in [6, 6.07) is 0. The number of hydrogen-bond acceptors (Lipinski definition) is 0. The van der Waals surface area contributed by atoms with E-state index in [9.17, 15) is 0 Å². The molecule has 0 radical (unpaired) electrons. The van der Waals surface area contributed by atoms with Gasteiger partial charge in [0, 0.05) is 0 Å². The van der Waals surface area contributed by atoms with E-state index in [0.717, 1.165) is 5.92 Å². The maximum atomic E-state index is 2.29. The molecule has 10 heavy (non-hydrogen) atoms. The predicted octanol–water partition coefficient (Wildman–Crippen LogP) is 4.00. The summed E-state index contributed by atoms with van der Waals surface area (Å²) in [4.78, 5) is 0. The highest BCUT2D eigenvalue weighted by molar-refractivity contribution is 4.56. The Kier molecular flexibility index (Phi) is 7.11. The third-order valence-electron chi connectivity index (χ3n) is 2.09. The van der Waals surface area contributed by atoms with Crippen LogP contribution in [0.1, 0.15) is 59.3 Å². The fraction of sp³-hybridized carbons (Fsp3) is 1.00. The molecule has 0 aliphatic rings. The highest BCUT2D eigenvalue weighted by Gasteiger charge is 2.03. The first-order chi connectivity index (χ1) is 4.85. The molecule has 0 rings (SSSR count). The van der Waals surface area contributed by atoms with Gasteiger partial charge in [-0.15, -0.1) is 0 Å². The van der Waals surface area contributed by atoms with Gasteiger partial charge in [-0.25, -0.2) is 0 Å². The molecule has 0 aliphatic carbocycles. The zero-order valence-corrected chi connectivity index (χ0v) is 7.82. The molecule has 0 fully saturated rings. The zero-order valence-electron chi connectivity index (χ0n) is 7.82. The van der Waals surface area contributed by atoms with Crippen LogP contribution in [0.5, 0.6) is 0 Å². The molecule has 0 saturated carbocycles. The largest absolute Gasteiger partial charge is 0.0654 e. The SMILES string of the molecule is CCCC(CCC)CCC. The Morgan fingerprint density at radius 2 is 1.00 bits per heavy atom. The third kappa shape index (κ3) is 4.84. The smallest absolute Gasteiger partial charge is 0.0415 e. The molecule has 0 aromatic carbocycles. The summed E-state index contributed by atoms with van der Waals surface area (Å²) in [5.41, 5.74) is 0. The van der Waals surface area contributed by atoms with Crippen molar-refractivity contribution in [3.8, 4) is 0 Å². The first-order valence-corrected chi connectivity index (χ1v) is 4.85. The van der Waals surface area contributed by atoms with Crippen LogP contribution in [0.3, 0.4) is 0 Å². The highest BCUT2D eigenvalue weighted by atomic mass is 14.1. The summed E-state index contributed by atoms with van der Waals surface area (Å²) >= 11 is 0. The van der Waals surface area contributed by atoms with Crippen LogP contribution in [-0.4, -0.2) is 0 Å². The molecule has 0 heterocycles. The minimum atomic E-state index is 1.03. The molecule has 0 heteroatoms. The van der Waals surface area contributed by atoms with E-state index in [1.54, 1.807) is 0 Å². The van der Waals surface area contributed by atoms with Crippen molar-refractivity contribution in [1.29, 1.82) is 0 Å². The molecule has 0 saturated heterocycles. The Labute approximate surface area is 66.0 Å². The van der Waals surface area contributed by atoms with Crippen molar-refractivity contribution in [2.75, 3.05) is 0 Å². The monoisotopic (exact) mass is 142 g/mol. The lowest BCUT2D eigenvalue weighted by Crippen LogP contribution is -1.98. The second-order valence-electron chi connectivity index (χ2n) is 3.23. The molecule has 62 valence electrons. The Balaban J connectivity index is 3.30. The summed E-state index contributed by atoms with van der Waals surface area (Å²) in [5, 5.41) is 0. The van der Waals surface area contributed by atoms with Crippen molar-refractivity contribution in [3.63, 3.8) is 0 Å². The number of rotatable bonds is 6. The maximum absolute atomic E-state index is 2.29. The average Bonchev–Trinajstić information content (AvgIpc) is 1.90. The Hall–Kier alpha value is 0. The third-order valence-corrected chi connectivity index (χ3v) is 2.09. The van der Waals surface area contributed by atoms with E-state index < -0.39 is 0 Å². The molecule has 0 atom stereocenters. The molecule has 0 amide bonds. The lowest BCUT2D eigenvalue weighted by molar-refractivity contribution is 0.407. The van der Waals surface area contributed by atoms with Gasteiger partial charge in [-0.3, -0.25) is 0 Å². The van der Waals surface area contributed by atoms with Crippen LogP contribution < -0.4 is 0 Å². The fourth-order valence-electron chi connectivity index (χ4n) is 1.66. The second-order valence-corrected chi connectivity index (χ2v) is 3.23. The second kappa shape index (κ2) is 7.11. The van der Waals surface area contributed by atoms with Crippen molar-refractivity contribution < 1.29 is 0 Å². The van der Waals surface area contributed by atoms with Gasteiger partial charge < -0.3 is 0 Å². The summed E-state index contributed by atoms with van der Waals surface area (Å²) < 4.78 is 0. The molecular weight excluding hydrogens is 120 g/mol. The predicted molar refractivity (Wildman–Crippen MR) is 48.2 cm³/mol. The maximum Gasteiger partial charge on any atom is -0.0415 e. The Bertz CT molecular complexity index is 42.8. The van der Waals surface area contributed by atoms with E-state index in [1.165, 1.54) is 38.5 Å². The van der Waals surface area contributed by atoms with Gasteiger partial charge >= 0.3 is 0 Å². The first kappa shape index (κ1) is 10.0. The molecule has 0 N–H and O–H groups in total. The van der Waals surface area contributed by atoms with E-state index >= 15 is 0 Å². The zero-order chi connectivity index (χ0) is 7.82. The van der Waals surface area contributed by atoms with Crippen LogP contribution >= 0.6 is 0 Å². The van der Waals surface area contributed by atoms with E-state index in [1.807, 2.05) is 0 Å². The molecule has 0 aromatic heterocycles. The Morgan fingerprint density at radius 1 is 0.700 bits per heavy atom. The summed E-state index contributed by atoms with van der Waals surface area (Å²) in [5.74, 6) is 1.03. The van der Waals surface area contributed by atoms with Crippen LogP contribution in [0, 0.1) is 5.92 Å². The minimum Gasteiger partial charge on any atom is -0.0654 e. The van der Waals surface area contributed by atoms with Gasteiger partial charge in [0.15, 0.2) is 0 Å². The molecular formula is C10H22. The van der Waals surface area contributed by atoms with Gasteiger partial charge in [0.2, 0.25) is 0 Å². The van der Waals surface area contributed by atoms with Crippen molar-refractivity contribution in [3.05, 3.63) is 0 Å². The van der Waals surface area contributed by atoms with Crippen LogP contribution in [0.25, 0.3) is 0 Å². The quantitative estimate of drug-likeness (QED) is 0.526. The Morgan fingerprint density at radius 3 is 1.20 bits per heavy atom. The van der Waals surface area contributed by atoms with Gasteiger partial charge in [-0.2, -0.15) is 0 Å². The van der Waals surface area contributed by atoms with Crippen LogP contribution in [0.4, 0.5) is 0 Å². The van der Waals surface area contributed by atoms with Crippen molar-refractivity contribution in [1.82, 2.24) is 0 Å². The molecule has 0 nitrogen and oxygen atoms in total. The van der Waals surface area contributed by atoms with Gasteiger partial charge in [-0.05, 0) is 5.92 Å². The van der Waals surface area contributed by atoms with E-state index in [2.05, 4.69) is 20.8 Å². The average molecular weight is 142 g/mol. The minimum absolute atomic E-state index is 1.03. The lowest BCUT2D eigenvalue weighted by atomic mass is 9.94. The van der Waals surface area contributed by atoms with E-state index in [0.29, 0.717) is 0 Å². The van der Waals surface area contributed by atoms with E-state index in [-0.39, 0.29) is 0 Å². The lowest BCUT2D eigenvalue weighted by Gasteiger charge is -2.12. The molecule has 0 aromatic rings. The summed E-state index contributed by atoms with van der Waals surface area (Å²) in [6.45, 7) is 6.87. The van der Waals surface area contributed by atoms with Crippen molar-refractivity contribution >= 4 is 0 Å². The van der Waals surface area contributed by atoms with Gasteiger partial charge in [0.05, 0.1) is 0 Å². The normalized spacial score (nSPS) is 10.8. The van der Waals surface area contributed by atoms with Crippen molar-refractivity contribution in [2.45, 2.75) is 59.3 Å². The van der Waals surface area contributed by atoms with E-state index in [4.69, 9.17) is 0 Å². The molecule has 0 bridgehead atoms. The van der Waals surface area contributed by atoms with Crippen LogP contribution in [0.15, 0.2) is 0 Å². The topological polar surface area (TPSA) is 0 Å².